The zero-order chi connectivity index (χ0) is 28.8. The number of aromatic nitrogens is 4. The van der Waals surface area contributed by atoms with E-state index in [1.165, 1.54) is 0 Å². The van der Waals surface area contributed by atoms with Gasteiger partial charge in [0, 0.05) is 48.8 Å². The monoisotopic (exact) mass is 632 g/mol. The Morgan fingerprint density at radius 3 is 2.55 bits per heavy atom. The van der Waals surface area contributed by atoms with E-state index in [1.807, 2.05) is 24.7 Å². The van der Waals surface area contributed by atoms with Crippen LogP contribution in [0.2, 0.25) is 5.02 Å². The molecule has 1 aromatic carbocycles. The fraction of sp³-hybridized carbons (Fsp3) is 0.552. The number of benzene rings is 1. The van der Waals surface area contributed by atoms with Gasteiger partial charge < -0.3 is 24.8 Å². The molecule has 3 aromatic rings. The third-order valence-corrected chi connectivity index (χ3v) is 8.85. The minimum atomic E-state index is -0.625. The lowest BCUT2D eigenvalue weighted by Crippen LogP contribution is -2.64. The molecule has 1 aliphatic carbocycles. The number of hydrogen-bond acceptors (Lipinski definition) is 8. The van der Waals surface area contributed by atoms with Crippen LogP contribution in [0.5, 0.6) is 5.75 Å². The molecule has 2 N–H and O–H groups in total. The fourth-order valence-corrected chi connectivity index (χ4v) is 6.53. The number of aliphatic hydroxyl groups is 1. The first-order valence-corrected chi connectivity index (χ1v) is 14.9. The van der Waals surface area contributed by atoms with Crippen LogP contribution >= 0.6 is 27.5 Å². The van der Waals surface area contributed by atoms with E-state index in [2.05, 4.69) is 52.0 Å². The average Bonchev–Trinajstić information content (AvgIpc) is 3.10. The first-order chi connectivity index (χ1) is 19.0. The molecule has 1 spiro atoms. The van der Waals surface area contributed by atoms with Gasteiger partial charge in [-0.05, 0) is 81.7 Å². The minimum absolute atomic E-state index is 0.160. The van der Waals surface area contributed by atoms with E-state index in [4.69, 9.17) is 31.0 Å². The maximum Gasteiger partial charge on any atom is 0.163 e. The summed E-state index contributed by atoms with van der Waals surface area (Å²) in [5, 5.41) is 18.1. The van der Waals surface area contributed by atoms with E-state index in [0.29, 0.717) is 40.2 Å². The van der Waals surface area contributed by atoms with Gasteiger partial charge in [-0.2, -0.15) is 5.10 Å². The van der Waals surface area contributed by atoms with Gasteiger partial charge in [0.1, 0.15) is 28.9 Å². The van der Waals surface area contributed by atoms with Crippen molar-refractivity contribution in [3.63, 3.8) is 0 Å². The van der Waals surface area contributed by atoms with Gasteiger partial charge in [-0.25, -0.2) is 9.97 Å². The lowest BCUT2D eigenvalue weighted by Gasteiger charge is -2.59. The number of hydrogen-bond donors (Lipinski definition) is 2. The second-order valence-corrected chi connectivity index (χ2v) is 12.6. The summed E-state index contributed by atoms with van der Waals surface area (Å²) in [6.07, 6.45) is 2.15. The van der Waals surface area contributed by atoms with Crippen LogP contribution in [-0.4, -0.2) is 76.5 Å². The largest absolute Gasteiger partial charge is 0.491 e. The summed E-state index contributed by atoms with van der Waals surface area (Å²) in [5.41, 5.74) is 4.73. The van der Waals surface area contributed by atoms with Crippen LogP contribution in [-0.2, 0) is 11.8 Å². The predicted molar refractivity (Wildman–Crippen MR) is 161 cm³/mol. The Kier molecular flexibility index (Phi) is 8.46. The van der Waals surface area contributed by atoms with Crippen molar-refractivity contribution in [2.45, 2.75) is 58.8 Å². The zero-order valence-electron chi connectivity index (χ0n) is 24.0. The number of aryl methyl sites for hydroxylation is 1. The van der Waals surface area contributed by atoms with Crippen LogP contribution in [0, 0.1) is 19.3 Å². The van der Waals surface area contributed by atoms with Crippen molar-refractivity contribution < 1.29 is 14.6 Å². The highest BCUT2D eigenvalue weighted by atomic mass is 79.9. The Balaban J connectivity index is 1.50. The molecule has 1 saturated heterocycles. The van der Waals surface area contributed by atoms with E-state index in [0.717, 1.165) is 58.9 Å². The van der Waals surface area contributed by atoms with E-state index in [-0.39, 0.29) is 12.7 Å². The number of nitrogens with zero attached hydrogens (tertiary/aromatic N) is 5. The van der Waals surface area contributed by atoms with Crippen LogP contribution in [0.3, 0.4) is 0 Å². The van der Waals surface area contributed by atoms with Crippen molar-refractivity contribution in [1.82, 2.24) is 25.1 Å². The Morgan fingerprint density at radius 1 is 1.20 bits per heavy atom. The van der Waals surface area contributed by atoms with Crippen molar-refractivity contribution >= 4 is 33.3 Å². The molecule has 40 heavy (non-hydrogen) atoms. The van der Waals surface area contributed by atoms with E-state index in [9.17, 15) is 5.11 Å². The SMILES string of the molecule is CNC[C@@H](O)COc1ccc(Cl)c(-c2nc(-c3c(C)c(Br)nn3C)c(C)c(N3CC4(CC(OC(C)C)C4)C3)n2)c1. The second kappa shape index (κ2) is 11.6. The summed E-state index contributed by atoms with van der Waals surface area (Å²) in [7, 11) is 3.71. The molecule has 0 bridgehead atoms. The second-order valence-electron chi connectivity index (χ2n) is 11.5. The summed E-state index contributed by atoms with van der Waals surface area (Å²) in [6, 6.07) is 5.42. The maximum atomic E-state index is 10.1. The smallest absolute Gasteiger partial charge is 0.163 e. The molecule has 1 atom stereocenters. The summed E-state index contributed by atoms with van der Waals surface area (Å²) >= 11 is 10.3. The molecule has 1 aliphatic heterocycles. The molecule has 0 radical (unpaired) electrons. The Hall–Kier alpha value is -2.24. The number of nitrogens with one attached hydrogen (secondary N) is 1. The molecule has 3 heterocycles. The number of anilines is 1. The summed E-state index contributed by atoms with van der Waals surface area (Å²) < 4.78 is 14.5. The Bertz CT molecular complexity index is 1380. The molecular weight excluding hydrogens is 596 g/mol. The molecule has 2 aromatic heterocycles. The van der Waals surface area contributed by atoms with E-state index >= 15 is 0 Å². The average molecular weight is 634 g/mol. The number of aliphatic hydroxyl groups excluding tert-OH is 1. The van der Waals surface area contributed by atoms with Crippen molar-refractivity contribution in [2.75, 3.05) is 38.2 Å². The number of halogens is 2. The molecule has 0 unspecified atom stereocenters. The Morgan fingerprint density at radius 2 is 1.93 bits per heavy atom. The first-order valence-electron chi connectivity index (χ1n) is 13.7. The van der Waals surface area contributed by atoms with Gasteiger partial charge in [0.2, 0.25) is 0 Å². The van der Waals surface area contributed by atoms with Gasteiger partial charge in [-0.15, -0.1) is 0 Å². The van der Waals surface area contributed by atoms with Crippen molar-refractivity contribution in [3.8, 4) is 28.5 Å². The van der Waals surface area contributed by atoms with Crippen LogP contribution in [0.15, 0.2) is 22.8 Å². The van der Waals surface area contributed by atoms with Crippen molar-refractivity contribution in [3.05, 3.63) is 39.0 Å². The molecule has 2 fully saturated rings. The Labute approximate surface area is 249 Å². The normalized spacial score (nSPS) is 17.3. The van der Waals surface area contributed by atoms with Gasteiger partial charge in [-0.3, -0.25) is 4.68 Å². The summed E-state index contributed by atoms with van der Waals surface area (Å²) in [5.74, 6) is 2.02. The van der Waals surface area contributed by atoms with Gasteiger partial charge in [0.05, 0.1) is 28.6 Å². The van der Waals surface area contributed by atoms with Crippen molar-refractivity contribution in [1.29, 1.82) is 0 Å². The molecule has 5 rings (SSSR count). The fourth-order valence-electron chi connectivity index (χ4n) is 5.90. The molecular formula is C29H38BrClN6O3. The van der Waals surface area contributed by atoms with Crippen LogP contribution in [0.25, 0.3) is 22.8 Å². The van der Waals surface area contributed by atoms with Crippen LogP contribution in [0.4, 0.5) is 5.82 Å². The lowest BCUT2D eigenvalue weighted by atomic mass is 9.61. The number of likely N-dealkylation sites (N-methyl/N-ethyl adjacent to an activating group) is 1. The third kappa shape index (κ3) is 5.74. The summed E-state index contributed by atoms with van der Waals surface area (Å²) in [4.78, 5) is 12.5. The molecule has 1 saturated carbocycles. The zero-order valence-corrected chi connectivity index (χ0v) is 26.3. The van der Waals surface area contributed by atoms with Crippen molar-refractivity contribution in [2.24, 2.45) is 12.5 Å². The van der Waals surface area contributed by atoms with Gasteiger partial charge in [0.15, 0.2) is 5.82 Å². The molecule has 2 aliphatic rings. The summed E-state index contributed by atoms with van der Waals surface area (Å²) in [6.45, 7) is 10.8. The maximum absolute atomic E-state index is 10.1. The minimum Gasteiger partial charge on any atom is -0.491 e. The van der Waals surface area contributed by atoms with Crippen LogP contribution < -0.4 is 15.0 Å². The number of rotatable bonds is 10. The van der Waals surface area contributed by atoms with Gasteiger partial charge in [0.25, 0.3) is 0 Å². The highest BCUT2D eigenvalue weighted by molar-refractivity contribution is 9.10. The predicted octanol–water partition coefficient (Wildman–Crippen LogP) is 4.93. The van der Waals surface area contributed by atoms with E-state index in [1.54, 1.807) is 19.2 Å². The molecule has 11 heteroatoms. The third-order valence-electron chi connectivity index (χ3n) is 7.77. The topological polar surface area (TPSA) is 97.6 Å². The van der Waals surface area contributed by atoms with E-state index < -0.39 is 6.10 Å². The van der Waals surface area contributed by atoms with Gasteiger partial charge >= 0.3 is 0 Å². The quantitative estimate of drug-likeness (QED) is 0.325. The van der Waals surface area contributed by atoms with Crippen LogP contribution in [0.1, 0.15) is 37.8 Å². The molecule has 0 amide bonds. The molecule has 9 nitrogen and oxygen atoms in total. The highest BCUT2D eigenvalue weighted by Crippen LogP contribution is 2.52. The number of ether oxygens (including phenoxy) is 2. The van der Waals surface area contributed by atoms with Gasteiger partial charge in [-0.1, -0.05) is 11.6 Å². The first kappa shape index (κ1) is 29.3. The lowest BCUT2D eigenvalue weighted by molar-refractivity contribution is -0.114. The molecule has 216 valence electrons. The highest BCUT2D eigenvalue weighted by Gasteiger charge is 2.53. The standard InChI is InChI=1S/C29H38BrClN6O3/c1-16(2)40-21-10-29(11-21)14-37(15-29)28-17(3)24(25-18(4)26(30)35-36(25)6)33-27(34-28)22-9-20(7-8-23(22)31)39-13-19(38)12-32-5/h7-9,16,19,21,32,38H,10-15H2,1-6H3/t19-/m1/s1.